The molecule has 0 radical (unpaired) electrons. The van der Waals surface area contributed by atoms with Gasteiger partial charge in [-0.05, 0) is 76.1 Å². The molecule has 0 spiro atoms. The lowest BCUT2D eigenvalue weighted by Gasteiger charge is -2.47. The Morgan fingerprint density at radius 3 is 2.00 bits per heavy atom. The lowest BCUT2D eigenvalue weighted by molar-refractivity contribution is -0.143. The number of aliphatic carboxylic acids is 1. The van der Waals surface area contributed by atoms with Crippen LogP contribution in [0, 0.1) is 5.92 Å². The van der Waals surface area contributed by atoms with Crippen LogP contribution >= 0.6 is 23.2 Å². The van der Waals surface area contributed by atoms with Gasteiger partial charge in [-0.3, -0.25) is 19.7 Å². The predicted molar refractivity (Wildman–Crippen MR) is 211 cm³/mol. The maximum absolute atomic E-state index is 14.9. The molecule has 14 heteroatoms. The first-order valence-corrected chi connectivity index (χ1v) is 20.5. The second-order valence-corrected chi connectivity index (χ2v) is 17.9. The van der Waals surface area contributed by atoms with Gasteiger partial charge in [0.25, 0.3) is 0 Å². The van der Waals surface area contributed by atoms with E-state index in [1.165, 1.54) is 6.26 Å². The van der Waals surface area contributed by atoms with Crippen LogP contribution in [0.25, 0.3) is 0 Å². The van der Waals surface area contributed by atoms with Crippen LogP contribution in [0.15, 0.2) is 65.8 Å². The summed E-state index contributed by atoms with van der Waals surface area (Å²) in [7, 11) is -1.02. The Kier molecular flexibility index (Phi) is 13.3. The van der Waals surface area contributed by atoms with Crippen LogP contribution in [0.5, 0.6) is 5.75 Å². The number of aromatic nitrogens is 1. The lowest BCUT2D eigenvalue weighted by Crippen LogP contribution is -2.59. The van der Waals surface area contributed by atoms with E-state index in [1.807, 2.05) is 75.4 Å². The van der Waals surface area contributed by atoms with Crippen molar-refractivity contribution in [1.82, 2.24) is 20.1 Å². The molecule has 1 aromatic heterocycles. The van der Waals surface area contributed by atoms with E-state index in [2.05, 4.69) is 26.1 Å². The molecule has 0 unspecified atom stereocenters. The molecular weight excluding hydrogens is 737 g/mol. The molecule has 1 saturated heterocycles. The van der Waals surface area contributed by atoms with Gasteiger partial charge in [-0.2, -0.15) is 0 Å². The van der Waals surface area contributed by atoms with Gasteiger partial charge in [-0.15, -0.1) is 0 Å². The van der Waals surface area contributed by atoms with Crippen molar-refractivity contribution in [1.29, 1.82) is 0 Å². The summed E-state index contributed by atoms with van der Waals surface area (Å²) in [5, 5.41) is 13.5. The smallest absolute Gasteiger partial charge is 0.326 e. The fourth-order valence-corrected chi connectivity index (χ4v) is 7.43. The Bertz CT molecular complexity index is 1910. The summed E-state index contributed by atoms with van der Waals surface area (Å²) in [5.41, 5.74) is 0.837. The summed E-state index contributed by atoms with van der Waals surface area (Å²) in [6.07, 6.45) is 3.72. The van der Waals surface area contributed by atoms with Gasteiger partial charge >= 0.3 is 12.0 Å². The third-order valence-corrected chi connectivity index (χ3v) is 11.4. The highest BCUT2D eigenvalue weighted by Crippen LogP contribution is 2.54. The number of sulfone groups is 1. The number of carbonyl (C=O) groups excluding carboxylic acids is 1. The standard InChI is InChI=1S/C35H40Cl2N4O4.C4H11NO2S/c1-7-45-28-20-29(33(2,3)4)38-21-27(28)30-39-34(5,23-8-12-25(36)13-9-23)35(6,24-10-14-26(37)15-11-24)41(30)32(44)40-18-16-22(17-19-40)31(42)43;1-5-3-4-8(2,6)7/h8-15,20-22H,7,16-19H2,1-6H3,(H,42,43);5H,3-4H2,1-2H3/t34-,35+;/m0./s1. The number of aliphatic imine (C=N–C) groups is 1. The molecule has 2 atom stereocenters. The molecule has 5 rings (SSSR count). The first kappa shape index (κ1) is 42.0. The normalized spacial score (nSPS) is 20.8. The molecule has 288 valence electrons. The zero-order valence-corrected chi connectivity index (χ0v) is 34.1. The van der Waals surface area contributed by atoms with Crippen molar-refractivity contribution >= 4 is 50.9 Å². The number of halogens is 2. The molecule has 0 bridgehead atoms. The molecule has 3 heterocycles. The summed E-state index contributed by atoms with van der Waals surface area (Å²) in [4.78, 5) is 40.4. The van der Waals surface area contributed by atoms with E-state index in [4.69, 9.17) is 37.9 Å². The second kappa shape index (κ2) is 16.8. The van der Waals surface area contributed by atoms with Crippen molar-refractivity contribution < 1.29 is 27.9 Å². The van der Waals surface area contributed by atoms with Crippen LogP contribution < -0.4 is 10.1 Å². The number of urea groups is 1. The molecule has 2 aliphatic heterocycles. The number of rotatable bonds is 9. The quantitative estimate of drug-likeness (QED) is 0.233. The van der Waals surface area contributed by atoms with Crippen molar-refractivity contribution in [3.63, 3.8) is 0 Å². The fourth-order valence-electron chi connectivity index (χ4n) is 6.60. The van der Waals surface area contributed by atoms with Crippen molar-refractivity contribution in [3.8, 4) is 5.75 Å². The van der Waals surface area contributed by atoms with Gasteiger partial charge in [-0.1, -0.05) is 68.2 Å². The number of nitrogens with one attached hydrogen (secondary N) is 1. The van der Waals surface area contributed by atoms with Gasteiger partial charge in [-0.25, -0.2) is 13.2 Å². The minimum atomic E-state index is -2.75. The average molecular weight is 789 g/mol. The molecular formula is C39H51Cl2N5O6S. The Balaban J connectivity index is 0.000000703. The van der Waals surface area contributed by atoms with E-state index in [-0.39, 0.29) is 17.2 Å². The molecule has 1 fully saturated rings. The fraction of sp³-hybridized carbons (Fsp3) is 0.487. The number of amidine groups is 1. The maximum atomic E-state index is 14.9. The van der Waals surface area contributed by atoms with Crippen LogP contribution in [-0.2, 0) is 31.1 Å². The van der Waals surface area contributed by atoms with Crippen molar-refractivity contribution in [3.05, 3.63) is 93.2 Å². The Morgan fingerprint density at radius 2 is 1.55 bits per heavy atom. The topological polar surface area (TPSA) is 142 Å². The van der Waals surface area contributed by atoms with Gasteiger partial charge in [0.05, 0.1) is 23.8 Å². The predicted octanol–water partition coefficient (Wildman–Crippen LogP) is 7.14. The Labute approximate surface area is 323 Å². The minimum Gasteiger partial charge on any atom is -0.493 e. The number of hydrogen-bond acceptors (Lipinski definition) is 8. The van der Waals surface area contributed by atoms with E-state index in [9.17, 15) is 23.1 Å². The third-order valence-electron chi connectivity index (χ3n) is 9.95. The van der Waals surface area contributed by atoms with Crippen molar-refractivity contribution in [2.45, 2.75) is 70.9 Å². The third kappa shape index (κ3) is 9.33. The number of likely N-dealkylation sites (tertiary alicyclic amines) is 1. The monoisotopic (exact) mass is 787 g/mol. The molecule has 2 aliphatic rings. The van der Waals surface area contributed by atoms with E-state index >= 15 is 0 Å². The maximum Gasteiger partial charge on any atom is 0.326 e. The largest absolute Gasteiger partial charge is 0.493 e. The highest BCUT2D eigenvalue weighted by molar-refractivity contribution is 7.90. The number of piperidine rings is 1. The van der Waals surface area contributed by atoms with Crippen LogP contribution in [0.4, 0.5) is 4.79 Å². The summed E-state index contributed by atoms with van der Waals surface area (Å²) in [6, 6.07) is 16.7. The van der Waals surface area contributed by atoms with Crippen LogP contribution in [-0.4, -0.2) is 91.4 Å². The molecule has 3 aromatic rings. The first-order valence-electron chi connectivity index (χ1n) is 17.7. The summed E-state index contributed by atoms with van der Waals surface area (Å²) in [6.45, 7) is 13.8. The number of ether oxygens (including phenoxy) is 1. The van der Waals surface area contributed by atoms with Gasteiger partial charge < -0.3 is 20.1 Å². The molecule has 11 nitrogen and oxygen atoms in total. The van der Waals surface area contributed by atoms with Gasteiger partial charge in [0, 0.05) is 59.3 Å². The molecule has 2 aromatic carbocycles. The zero-order valence-electron chi connectivity index (χ0n) is 31.7. The molecule has 2 N–H and O–H groups in total. The molecule has 0 aliphatic carbocycles. The number of amides is 2. The second-order valence-electron chi connectivity index (χ2n) is 14.8. The van der Waals surface area contributed by atoms with E-state index in [0.717, 1.165) is 16.8 Å². The number of hydrogen-bond donors (Lipinski definition) is 2. The SMILES string of the molecule is CCOc1cc(C(C)(C)C)ncc1C1=N[C@@](C)(c2ccc(Cl)cc2)[C@@](C)(c2ccc(Cl)cc2)N1C(=O)N1CCC(C(=O)O)CC1.CNCCS(C)(=O)=O. The Morgan fingerprint density at radius 1 is 1.00 bits per heavy atom. The molecule has 53 heavy (non-hydrogen) atoms. The highest BCUT2D eigenvalue weighted by atomic mass is 35.5. The Hall–Kier alpha value is -3.71. The summed E-state index contributed by atoms with van der Waals surface area (Å²) < 4.78 is 26.9. The first-order chi connectivity index (χ1) is 24.8. The van der Waals surface area contributed by atoms with Gasteiger partial charge in [0.1, 0.15) is 32.5 Å². The average Bonchev–Trinajstić information content (AvgIpc) is 3.35. The number of carboxylic acids is 1. The number of pyridine rings is 1. The number of benzene rings is 2. The van der Waals surface area contributed by atoms with Crippen molar-refractivity contribution in [2.24, 2.45) is 10.9 Å². The van der Waals surface area contributed by atoms with E-state index in [0.29, 0.717) is 66.3 Å². The summed E-state index contributed by atoms with van der Waals surface area (Å²) >= 11 is 12.7. The van der Waals surface area contributed by atoms with Crippen LogP contribution in [0.3, 0.4) is 0 Å². The van der Waals surface area contributed by atoms with E-state index in [1.54, 1.807) is 23.0 Å². The van der Waals surface area contributed by atoms with Crippen LogP contribution in [0.2, 0.25) is 10.0 Å². The van der Waals surface area contributed by atoms with Gasteiger partial charge in [0.2, 0.25) is 0 Å². The zero-order chi connectivity index (χ0) is 39.4. The van der Waals surface area contributed by atoms with Crippen molar-refractivity contribution in [2.75, 3.05) is 45.3 Å². The van der Waals surface area contributed by atoms with E-state index < -0.39 is 32.8 Å². The number of carbonyl (C=O) groups is 2. The molecule has 0 saturated carbocycles. The van der Waals surface area contributed by atoms with Crippen LogP contribution in [0.1, 0.15) is 76.8 Å². The molecule has 2 amide bonds. The number of carboxylic acid groups (broad SMARTS) is 1. The number of nitrogens with zero attached hydrogens (tertiary/aromatic N) is 4. The van der Waals surface area contributed by atoms with Gasteiger partial charge in [0.15, 0.2) is 0 Å². The lowest BCUT2D eigenvalue weighted by atomic mass is 9.71. The highest BCUT2D eigenvalue weighted by Gasteiger charge is 2.60. The summed E-state index contributed by atoms with van der Waals surface area (Å²) in [5.74, 6) is -0.0903. The minimum absolute atomic E-state index is 0.226.